The topological polar surface area (TPSA) is 90.7 Å². The fourth-order valence-corrected chi connectivity index (χ4v) is 4.60. The number of nitriles is 1. The van der Waals surface area contributed by atoms with Gasteiger partial charge in [-0.15, -0.1) is 0 Å². The van der Waals surface area contributed by atoms with Crippen LogP contribution in [0.4, 0.5) is 0 Å². The summed E-state index contributed by atoms with van der Waals surface area (Å²) >= 11 is 0. The second-order valence-corrected chi connectivity index (χ2v) is 8.90. The lowest BCUT2D eigenvalue weighted by Gasteiger charge is -2.34. The molecule has 2 aromatic carbocycles. The molecule has 7 nitrogen and oxygen atoms in total. The van der Waals surface area contributed by atoms with Crippen LogP contribution in [0.2, 0.25) is 0 Å². The Morgan fingerprint density at radius 1 is 1.07 bits per heavy atom. The lowest BCUT2D eigenvalue weighted by Crippen LogP contribution is -2.51. The van der Waals surface area contributed by atoms with E-state index < -0.39 is 10.0 Å². The Kier molecular flexibility index (Phi) is 6.20. The molecular formula is C21H23N3O4S. The highest BCUT2D eigenvalue weighted by atomic mass is 32.2. The van der Waals surface area contributed by atoms with Crippen LogP contribution in [-0.2, 0) is 14.8 Å². The maximum Gasteiger partial charge on any atom is 0.260 e. The van der Waals surface area contributed by atoms with Crippen LogP contribution in [0.1, 0.15) is 16.7 Å². The molecule has 8 heteroatoms. The van der Waals surface area contributed by atoms with E-state index in [1.165, 1.54) is 4.31 Å². The van der Waals surface area contributed by atoms with Crippen molar-refractivity contribution in [2.24, 2.45) is 0 Å². The minimum absolute atomic E-state index is 0.154. The van der Waals surface area contributed by atoms with Crippen molar-refractivity contribution in [3.63, 3.8) is 0 Å². The number of amides is 1. The summed E-state index contributed by atoms with van der Waals surface area (Å²) in [4.78, 5) is 14.3. The zero-order valence-corrected chi connectivity index (χ0v) is 17.3. The normalized spacial score (nSPS) is 15.0. The molecule has 1 fully saturated rings. The van der Waals surface area contributed by atoms with Gasteiger partial charge in [-0.05, 0) is 55.3 Å². The highest BCUT2D eigenvalue weighted by molar-refractivity contribution is 7.89. The minimum atomic E-state index is -3.58. The van der Waals surface area contributed by atoms with E-state index >= 15 is 0 Å². The molecule has 1 aliphatic rings. The molecule has 0 atom stereocenters. The third kappa shape index (κ3) is 4.75. The Morgan fingerprint density at radius 3 is 2.45 bits per heavy atom. The highest BCUT2D eigenvalue weighted by Gasteiger charge is 2.30. The summed E-state index contributed by atoms with van der Waals surface area (Å²) in [5.74, 6) is 0.240. The fraction of sp³-hybridized carbons (Fsp3) is 0.333. The van der Waals surface area contributed by atoms with Crippen LogP contribution >= 0.6 is 0 Å². The Balaban J connectivity index is 1.57. The summed E-state index contributed by atoms with van der Waals surface area (Å²) in [7, 11) is -3.58. The quantitative estimate of drug-likeness (QED) is 0.749. The number of carbonyl (C=O) groups is 1. The van der Waals surface area contributed by atoms with Crippen LogP contribution in [-0.4, -0.2) is 56.3 Å². The predicted octanol–water partition coefficient (Wildman–Crippen LogP) is 2.09. The maximum atomic E-state index is 12.9. The van der Waals surface area contributed by atoms with Gasteiger partial charge >= 0.3 is 0 Å². The number of carbonyl (C=O) groups excluding carboxylic acids is 1. The lowest BCUT2D eigenvalue weighted by atomic mass is 10.1. The van der Waals surface area contributed by atoms with Crippen molar-refractivity contribution in [3.05, 3.63) is 59.2 Å². The third-order valence-electron chi connectivity index (χ3n) is 5.03. The molecule has 0 aromatic heterocycles. The molecule has 0 saturated carbocycles. The van der Waals surface area contributed by atoms with E-state index in [1.54, 1.807) is 47.4 Å². The lowest BCUT2D eigenvalue weighted by molar-refractivity contribution is -0.134. The van der Waals surface area contributed by atoms with E-state index in [2.05, 4.69) is 0 Å². The number of aryl methyl sites for hydroxylation is 2. The number of hydrogen-bond acceptors (Lipinski definition) is 5. The molecule has 29 heavy (non-hydrogen) atoms. The average Bonchev–Trinajstić information content (AvgIpc) is 2.74. The third-order valence-corrected chi connectivity index (χ3v) is 6.93. The zero-order valence-electron chi connectivity index (χ0n) is 16.5. The van der Waals surface area contributed by atoms with Gasteiger partial charge in [-0.3, -0.25) is 4.79 Å². The monoisotopic (exact) mass is 413 g/mol. The average molecular weight is 413 g/mol. The second kappa shape index (κ2) is 8.64. The van der Waals surface area contributed by atoms with Crippen LogP contribution in [0.25, 0.3) is 0 Å². The molecule has 0 bridgehead atoms. The Labute approximate surface area is 171 Å². The first-order chi connectivity index (χ1) is 13.8. The predicted molar refractivity (Wildman–Crippen MR) is 108 cm³/mol. The van der Waals surface area contributed by atoms with Gasteiger partial charge in [0.15, 0.2) is 6.61 Å². The highest BCUT2D eigenvalue weighted by Crippen LogP contribution is 2.20. The van der Waals surface area contributed by atoms with Gasteiger partial charge in [-0.2, -0.15) is 9.57 Å². The van der Waals surface area contributed by atoms with Crippen molar-refractivity contribution < 1.29 is 17.9 Å². The number of ether oxygens (including phenoxy) is 1. The van der Waals surface area contributed by atoms with Crippen LogP contribution in [0.3, 0.4) is 0 Å². The van der Waals surface area contributed by atoms with Crippen LogP contribution in [0, 0.1) is 25.2 Å². The van der Waals surface area contributed by atoms with Crippen LogP contribution < -0.4 is 4.74 Å². The minimum Gasteiger partial charge on any atom is -0.484 e. The Hall–Kier alpha value is -2.89. The van der Waals surface area contributed by atoms with Gasteiger partial charge in [-0.25, -0.2) is 8.42 Å². The molecule has 1 amide bonds. The standard InChI is InChI=1S/C21H23N3O4S/c1-16-6-7-20(12-17(16)2)29(26,27)24-10-8-23(9-11-24)21(25)15-28-19-5-3-4-18(13-19)14-22/h3-7,12-13H,8-11,15H2,1-2H3. The molecule has 0 unspecified atom stereocenters. The molecule has 1 aliphatic heterocycles. The molecule has 2 aromatic rings. The van der Waals surface area contributed by atoms with Crippen LogP contribution in [0.5, 0.6) is 5.75 Å². The summed E-state index contributed by atoms with van der Waals surface area (Å²) in [6, 6.07) is 13.7. The Morgan fingerprint density at radius 2 is 1.79 bits per heavy atom. The van der Waals surface area contributed by atoms with Gasteiger partial charge in [-0.1, -0.05) is 12.1 Å². The van der Waals surface area contributed by atoms with Gasteiger partial charge in [0.05, 0.1) is 16.5 Å². The molecule has 0 radical (unpaired) electrons. The first kappa shape index (κ1) is 20.8. The number of benzene rings is 2. The second-order valence-electron chi connectivity index (χ2n) is 6.96. The number of sulfonamides is 1. The molecular weight excluding hydrogens is 390 g/mol. The molecule has 3 rings (SSSR count). The van der Waals surface area contributed by atoms with Gasteiger partial charge in [0.25, 0.3) is 5.91 Å². The first-order valence-electron chi connectivity index (χ1n) is 9.29. The van der Waals surface area contributed by atoms with Crippen molar-refractivity contribution in [1.82, 2.24) is 9.21 Å². The van der Waals surface area contributed by atoms with Crippen molar-refractivity contribution in [1.29, 1.82) is 5.26 Å². The first-order valence-corrected chi connectivity index (χ1v) is 10.7. The van der Waals surface area contributed by atoms with Gasteiger partial charge < -0.3 is 9.64 Å². The van der Waals surface area contributed by atoms with Crippen molar-refractivity contribution in [3.8, 4) is 11.8 Å². The van der Waals surface area contributed by atoms with Crippen molar-refractivity contribution >= 4 is 15.9 Å². The van der Waals surface area contributed by atoms with Crippen molar-refractivity contribution in [2.75, 3.05) is 32.8 Å². The summed E-state index contributed by atoms with van der Waals surface area (Å²) in [5, 5.41) is 8.91. The Bertz CT molecular complexity index is 1050. The van der Waals surface area contributed by atoms with Gasteiger partial charge in [0.1, 0.15) is 5.75 Å². The molecule has 0 N–H and O–H groups in total. The van der Waals surface area contributed by atoms with E-state index in [0.29, 0.717) is 24.4 Å². The smallest absolute Gasteiger partial charge is 0.260 e. The number of nitrogens with zero attached hydrogens (tertiary/aromatic N) is 3. The molecule has 152 valence electrons. The number of rotatable bonds is 5. The van der Waals surface area contributed by atoms with Crippen molar-refractivity contribution in [2.45, 2.75) is 18.7 Å². The largest absolute Gasteiger partial charge is 0.484 e. The fourth-order valence-electron chi connectivity index (χ4n) is 3.09. The summed E-state index contributed by atoms with van der Waals surface area (Å²) in [5.41, 5.74) is 2.43. The molecule has 1 saturated heterocycles. The van der Waals surface area contributed by atoms with E-state index in [9.17, 15) is 13.2 Å². The SMILES string of the molecule is Cc1ccc(S(=O)(=O)N2CCN(C(=O)COc3cccc(C#N)c3)CC2)cc1C. The maximum absolute atomic E-state index is 12.9. The number of hydrogen-bond donors (Lipinski definition) is 0. The zero-order chi connectivity index (χ0) is 21.0. The summed E-state index contributed by atoms with van der Waals surface area (Å²) in [6.45, 7) is 4.77. The number of piperazine rings is 1. The molecule has 0 spiro atoms. The van der Waals surface area contributed by atoms with E-state index in [4.69, 9.17) is 10.00 Å². The molecule has 1 heterocycles. The summed E-state index contributed by atoms with van der Waals surface area (Å²) < 4.78 is 32.6. The summed E-state index contributed by atoms with van der Waals surface area (Å²) in [6.07, 6.45) is 0. The van der Waals surface area contributed by atoms with Crippen LogP contribution in [0.15, 0.2) is 47.4 Å². The van der Waals surface area contributed by atoms with E-state index in [1.807, 2.05) is 19.9 Å². The van der Waals surface area contributed by atoms with Gasteiger partial charge in [0.2, 0.25) is 10.0 Å². The van der Waals surface area contributed by atoms with Gasteiger partial charge in [0, 0.05) is 26.2 Å². The van der Waals surface area contributed by atoms with E-state index in [-0.39, 0.29) is 30.5 Å². The molecule has 0 aliphatic carbocycles. The van der Waals surface area contributed by atoms with E-state index in [0.717, 1.165) is 11.1 Å².